The van der Waals surface area contributed by atoms with Crippen LogP contribution in [0.25, 0.3) is 0 Å². The van der Waals surface area contributed by atoms with Crippen molar-refractivity contribution in [2.24, 2.45) is 0 Å². The highest BCUT2D eigenvalue weighted by Gasteiger charge is 2.44. The van der Waals surface area contributed by atoms with Crippen LogP contribution < -0.4 is 3.29 Å². The van der Waals surface area contributed by atoms with Gasteiger partial charge in [-0.25, -0.2) is 0 Å². The molecular weight excluding hydrogens is 344 g/mol. The van der Waals surface area contributed by atoms with Crippen LogP contribution in [0.1, 0.15) is 21.5 Å². The number of carboxylic acid groups (broad SMARTS) is 1. The maximum atomic E-state index is 12.9. The normalized spacial score (nSPS) is 10.9. The van der Waals surface area contributed by atoms with Crippen LogP contribution in [0.2, 0.25) is 0 Å². The van der Waals surface area contributed by atoms with E-state index >= 15 is 0 Å². The smallest absolute Gasteiger partial charge is 0.434 e. The summed E-state index contributed by atoms with van der Waals surface area (Å²) in [5.41, 5.74) is 1.60. The van der Waals surface area contributed by atoms with E-state index in [4.69, 9.17) is 5.26 Å². The van der Waals surface area contributed by atoms with E-state index in [1.54, 1.807) is 61.0 Å². The molecule has 24 heavy (non-hydrogen) atoms. The van der Waals surface area contributed by atoms with E-state index in [0.717, 1.165) is 23.9 Å². The number of para-hydroxylation sites is 1. The molecule has 0 bridgehead atoms. The second kappa shape index (κ2) is 7.53. The standard InChI is InChI=1S/C17H14N2O3S2/c1-23-19(24-2,17(21)22)15-6-4-3-5-14(15)16(20)13-9-7-12(11-18)8-10-13/h3-10H,1-2H3/p+1. The van der Waals surface area contributed by atoms with Crippen LogP contribution in [-0.4, -0.2) is 29.5 Å². The Morgan fingerprint density at radius 3 is 2.12 bits per heavy atom. The van der Waals surface area contributed by atoms with Crippen LogP contribution in [0, 0.1) is 11.3 Å². The van der Waals surface area contributed by atoms with E-state index in [9.17, 15) is 14.7 Å². The van der Waals surface area contributed by atoms with Gasteiger partial charge < -0.3 is 5.11 Å². The Hall–Kier alpha value is -2.27. The molecule has 0 saturated heterocycles. The van der Waals surface area contributed by atoms with Crippen molar-refractivity contribution in [2.75, 3.05) is 12.5 Å². The predicted molar refractivity (Wildman–Crippen MR) is 97.9 cm³/mol. The van der Waals surface area contributed by atoms with E-state index in [2.05, 4.69) is 0 Å². The van der Waals surface area contributed by atoms with Crippen LogP contribution in [0.3, 0.4) is 0 Å². The Labute approximate surface area is 148 Å². The van der Waals surface area contributed by atoms with Gasteiger partial charge in [0.15, 0.2) is 11.5 Å². The van der Waals surface area contributed by atoms with Crippen molar-refractivity contribution in [3.05, 3.63) is 65.2 Å². The molecule has 0 unspecified atom stereocenters. The monoisotopic (exact) mass is 359 g/mol. The van der Waals surface area contributed by atoms with Crippen LogP contribution in [0.4, 0.5) is 10.5 Å². The van der Waals surface area contributed by atoms with Gasteiger partial charge in [0.2, 0.25) is 0 Å². The summed E-state index contributed by atoms with van der Waals surface area (Å²) in [5.74, 6) is -0.276. The lowest BCUT2D eigenvalue weighted by atomic mass is 10.0. The number of nitriles is 1. The lowest BCUT2D eigenvalue weighted by Gasteiger charge is -2.25. The van der Waals surface area contributed by atoms with Crippen molar-refractivity contribution in [3.63, 3.8) is 0 Å². The zero-order chi connectivity index (χ0) is 17.7. The molecule has 7 heteroatoms. The fourth-order valence-electron chi connectivity index (χ4n) is 2.30. The molecule has 0 spiro atoms. The van der Waals surface area contributed by atoms with Gasteiger partial charge >= 0.3 is 6.09 Å². The Bertz CT molecular complexity index is 809. The maximum Gasteiger partial charge on any atom is 0.543 e. The number of quaternary nitrogens is 1. The molecule has 0 radical (unpaired) electrons. The van der Waals surface area contributed by atoms with Crippen molar-refractivity contribution in [2.45, 2.75) is 0 Å². The van der Waals surface area contributed by atoms with E-state index in [1.807, 2.05) is 6.07 Å². The quantitative estimate of drug-likeness (QED) is 0.486. The van der Waals surface area contributed by atoms with Crippen molar-refractivity contribution < 1.29 is 14.7 Å². The summed E-state index contributed by atoms with van der Waals surface area (Å²) >= 11 is 2.23. The number of ketones is 1. The van der Waals surface area contributed by atoms with Crippen molar-refractivity contribution in [1.29, 1.82) is 5.26 Å². The van der Waals surface area contributed by atoms with E-state index < -0.39 is 9.39 Å². The zero-order valence-electron chi connectivity index (χ0n) is 13.1. The predicted octanol–water partition coefficient (Wildman–Crippen LogP) is 4.33. The van der Waals surface area contributed by atoms with Crippen molar-refractivity contribution >= 4 is 41.5 Å². The molecule has 2 rings (SSSR count). The SMILES string of the molecule is CS[N+](SC)(C(=O)O)c1ccccc1C(=O)c1ccc(C#N)cc1. The summed E-state index contributed by atoms with van der Waals surface area (Å²) in [4.78, 5) is 24.7. The molecule has 1 N–H and O–H groups in total. The van der Waals surface area contributed by atoms with Crippen LogP contribution in [-0.2, 0) is 0 Å². The minimum atomic E-state index is -1.06. The molecule has 0 fully saturated rings. The molecule has 0 aliphatic heterocycles. The first-order valence-electron chi connectivity index (χ1n) is 6.88. The van der Waals surface area contributed by atoms with Gasteiger partial charge in [-0.15, -0.1) is 0 Å². The molecule has 0 atom stereocenters. The number of rotatable bonds is 5. The highest BCUT2D eigenvalue weighted by atomic mass is 32.2. The molecule has 1 amide bonds. The van der Waals surface area contributed by atoms with Gasteiger partial charge in [-0.3, -0.25) is 4.79 Å². The first-order valence-corrected chi connectivity index (χ1v) is 9.25. The summed E-state index contributed by atoms with van der Waals surface area (Å²) in [6.45, 7) is 0. The Balaban J connectivity index is 2.57. The fraction of sp³-hybridized carbons (Fsp3) is 0.118. The summed E-state index contributed by atoms with van der Waals surface area (Å²) in [6.07, 6.45) is 2.32. The number of benzene rings is 2. The largest absolute Gasteiger partial charge is 0.543 e. The number of amides is 1. The van der Waals surface area contributed by atoms with Gasteiger partial charge in [-0.05, 0) is 30.3 Å². The second-order valence-electron chi connectivity index (χ2n) is 4.73. The number of hydrogen-bond acceptors (Lipinski definition) is 5. The van der Waals surface area contributed by atoms with Crippen LogP contribution in [0.15, 0.2) is 48.5 Å². The molecule has 0 heterocycles. The van der Waals surface area contributed by atoms with Gasteiger partial charge in [0, 0.05) is 24.1 Å². The zero-order valence-corrected chi connectivity index (χ0v) is 14.7. The summed E-state index contributed by atoms with van der Waals surface area (Å²) in [7, 11) is 0. The summed E-state index contributed by atoms with van der Waals surface area (Å²) in [5, 5.41) is 18.6. The van der Waals surface area contributed by atoms with Crippen LogP contribution >= 0.6 is 23.9 Å². The average molecular weight is 359 g/mol. The lowest BCUT2D eigenvalue weighted by Crippen LogP contribution is -2.40. The molecular formula is C17H15N2O3S2+. The van der Waals surface area contributed by atoms with Crippen molar-refractivity contribution in [3.8, 4) is 6.07 Å². The molecule has 0 aromatic heterocycles. The first-order chi connectivity index (χ1) is 11.5. The van der Waals surface area contributed by atoms with Crippen molar-refractivity contribution in [1.82, 2.24) is 3.29 Å². The first kappa shape index (κ1) is 18.1. The van der Waals surface area contributed by atoms with E-state index in [0.29, 0.717) is 22.4 Å². The summed E-state index contributed by atoms with van der Waals surface area (Å²) < 4.78 is -0.474. The third-order valence-electron chi connectivity index (χ3n) is 3.51. The minimum Gasteiger partial charge on any atom is -0.434 e. The summed E-state index contributed by atoms with van der Waals surface area (Å²) in [6, 6.07) is 15.0. The Morgan fingerprint density at radius 2 is 1.62 bits per heavy atom. The average Bonchev–Trinajstić information content (AvgIpc) is 2.63. The number of nitrogens with zero attached hydrogens (tertiary/aromatic N) is 2. The highest BCUT2D eigenvalue weighted by Crippen LogP contribution is 2.41. The minimum absolute atomic E-state index is 0.276. The molecule has 0 aliphatic rings. The second-order valence-corrected chi connectivity index (χ2v) is 6.79. The molecule has 0 aliphatic carbocycles. The molecule has 122 valence electrons. The molecule has 5 nitrogen and oxygen atoms in total. The van der Waals surface area contributed by atoms with Gasteiger partial charge in [-0.2, -0.15) is 10.1 Å². The Morgan fingerprint density at radius 1 is 1.04 bits per heavy atom. The molecule has 0 saturated carbocycles. The lowest BCUT2D eigenvalue weighted by molar-refractivity contribution is 0.103. The molecule has 2 aromatic rings. The van der Waals surface area contributed by atoms with Gasteiger partial charge in [-0.1, -0.05) is 15.4 Å². The molecule has 2 aromatic carbocycles. The van der Waals surface area contributed by atoms with Gasteiger partial charge in [0.05, 0.1) is 17.2 Å². The van der Waals surface area contributed by atoms with E-state index in [1.165, 1.54) is 0 Å². The maximum absolute atomic E-state index is 12.9. The topological polar surface area (TPSA) is 78.2 Å². The fourth-order valence-corrected chi connectivity index (χ4v) is 3.92. The third kappa shape index (κ3) is 3.17. The van der Waals surface area contributed by atoms with Gasteiger partial charge in [0.25, 0.3) is 0 Å². The van der Waals surface area contributed by atoms with Crippen LogP contribution in [0.5, 0.6) is 0 Å². The third-order valence-corrected chi connectivity index (χ3v) is 6.14. The van der Waals surface area contributed by atoms with Gasteiger partial charge in [0.1, 0.15) is 23.9 Å². The number of carbonyl (C=O) groups is 2. The Kier molecular flexibility index (Phi) is 5.67. The number of hydrogen-bond donors (Lipinski definition) is 1. The highest BCUT2D eigenvalue weighted by molar-refractivity contribution is 8.15. The van der Waals surface area contributed by atoms with E-state index in [-0.39, 0.29) is 5.78 Å². The number of carbonyl (C=O) groups excluding carboxylic acids is 1.